The van der Waals surface area contributed by atoms with Gasteiger partial charge < -0.3 is 4.74 Å². The highest BCUT2D eigenvalue weighted by atomic mass is 16.6. The standard InChI is InChI=1S/C8H13O/c1-2-8-6-4-3-5-7(8)9-8/h7H,1-6H2. The number of rotatable bonds is 1. The molecule has 2 fully saturated rings. The van der Waals surface area contributed by atoms with Gasteiger partial charge in [0, 0.05) is 0 Å². The Morgan fingerprint density at radius 2 is 2.44 bits per heavy atom. The Hall–Kier alpha value is -0.0400. The minimum absolute atomic E-state index is 0.276. The third-order valence-corrected chi connectivity index (χ3v) is 2.65. The van der Waals surface area contributed by atoms with Crippen LogP contribution in [0.1, 0.15) is 32.1 Å². The SMILES string of the molecule is [CH2]CC12CCCCC1O2. The average molecular weight is 125 g/mol. The van der Waals surface area contributed by atoms with Gasteiger partial charge in [-0.1, -0.05) is 19.8 Å². The zero-order chi connectivity index (χ0) is 6.32. The van der Waals surface area contributed by atoms with E-state index in [4.69, 9.17) is 4.74 Å². The van der Waals surface area contributed by atoms with Crippen molar-refractivity contribution < 1.29 is 4.74 Å². The zero-order valence-electron chi connectivity index (χ0n) is 5.73. The molecular weight excluding hydrogens is 112 g/mol. The van der Waals surface area contributed by atoms with Crippen molar-refractivity contribution in [2.24, 2.45) is 0 Å². The molecule has 1 saturated carbocycles. The monoisotopic (exact) mass is 125 g/mol. The molecule has 0 aromatic rings. The fourth-order valence-electron chi connectivity index (χ4n) is 1.89. The third kappa shape index (κ3) is 0.710. The molecule has 2 unspecified atom stereocenters. The summed E-state index contributed by atoms with van der Waals surface area (Å²) in [6, 6.07) is 0. The molecule has 1 saturated heterocycles. The molecule has 1 aliphatic heterocycles. The summed E-state index contributed by atoms with van der Waals surface area (Å²) in [7, 11) is 0. The van der Waals surface area contributed by atoms with E-state index in [1.165, 1.54) is 25.7 Å². The number of hydrogen-bond donors (Lipinski definition) is 0. The van der Waals surface area contributed by atoms with Gasteiger partial charge in [0.1, 0.15) is 0 Å². The van der Waals surface area contributed by atoms with Crippen molar-refractivity contribution in [3.05, 3.63) is 6.92 Å². The Balaban J connectivity index is 2.01. The molecule has 2 rings (SSSR count). The Bertz CT molecular complexity index is 122. The van der Waals surface area contributed by atoms with Gasteiger partial charge in [-0.2, -0.15) is 0 Å². The quantitative estimate of drug-likeness (QED) is 0.488. The summed E-state index contributed by atoms with van der Waals surface area (Å²) in [6.45, 7) is 3.90. The molecule has 1 heterocycles. The van der Waals surface area contributed by atoms with E-state index >= 15 is 0 Å². The first-order valence-corrected chi connectivity index (χ1v) is 3.84. The fraction of sp³-hybridized carbons (Fsp3) is 0.875. The van der Waals surface area contributed by atoms with Crippen molar-refractivity contribution in [2.45, 2.75) is 43.8 Å². The average Bonchev–Trinajstić information content (AvgIpc) is 2.62. The third-order valence-electron chi connectivity index (χ3n) is 2.65. The highest BCUT2D eigenvalue weighted by molar-refractivity contribution is 5.05. The van der Waals surface area contributed by atoms with Crippen LogP contribution in [0.5, 0.6) is 0 Å². The van der Waals surface area contributed by atoms with Crippen LogP contribution in [0.4, 0.5) is 0 Å². The highest BCUT2D eigenvalue weighted by Gasteiger charge is 2.55. The first-order valence-electron chi connectivity index (χ1n) is 3.84. The second-order valence-corrected chi connectivity index (χ2v) is 3.17. The predicted molar refractivity (Wildman–Crippen MR) is 36.0 cm³/mol. The maximum atomic E-state index is 5.55. The van der Waals surface area contributed by atoms with Crippen LogP contribution in [-0.4, -0.2) is 11.7 Å². The zero-order valence-corrected chi connectivity index (χ0v) is 5.73. The maximum absolute atomic E-state index is 5.55. The minimum atomic E-state index is 0.276. The first-order chi connectivity index (χ1) is 4.37. The van der Waals surface area contributed by atoms with Crippen molar-refractivity contribution in [3.8, 4) is 0 Å². The lowest BCUT2D eigenvalue weighted by Crippen LogP contribution is -2.17. The van der Waals surface area contributed by atoms with Crippen LogP contribution in [0.25, 0.3) is 0 Å². The van der Waals surface area contributed by atoms with E-state index in [2.05, 4.69) is 6.92 Å². The normalized spacial score (nSPS) is 48.3. The number of fused-ring (bicyclic) bond motifs is 1. The Labute approximate surface area is 56.4 Å². The maximum Gasteiger partial charge on any atom is 0.0948 e. The van der Waals surface area contributed by atoms with Crippen molar-refractivity contribution >= 4 is 0 Å². The van der Waals surface area contributed by atoms with Gasteiger partial charge in [-0.15, -0.1) is 0 Å². The van der Waals surface area contributed by atoms with Crippen LogP contribution >= 0.6 is 0 Å². The second-order valence-electron chi connectivity index (χ2n) is 3.17. The highest BCUT2D eigenvalue weighted by Crippen LogP contribution is 2.49. The lowest BCUT2D eigenvalue weighted by Gasteiger charge is -2.13. The van der Waals surface area contributed by atoms with Crippen LogP contribution in [0.15, 0.2) is 0 Å². The molecular formula is C8H13O. The van der Waals surface area contributed by atoms with Crippen LogP contribution in [-0.2, 0) is 4.74 Å². The molecule has 0 aromatic carbocycles. The van der Waals surface area contributed by atoms with E-state index in [1.807, 2.05) is 0 Å². The predicted octanol–water partition coefficient (Wildman–Crippen LogP) is 1.92. The molecule has 51 valence electrons. The summed E-state index contributed by atoms with van der Waals surface area (Å²) in [5.74, 6) is 0. The van der Waals surface area contributed by atoms with Crippen LogP contribution in [0.3, 0.4) is 0 Å². The van der Waals surface area contributed by atoms with Crippen molar-refractivity contribution in [1.29, 1.82) is 0 Å². The van der Waals surface area contributed by atoms with Gasteiger partial charge in [-0.3, -0.25) is 0 Å². The summed E-state index contributed by atoms with van der Waals surface area (Å²) >= 11 is 0. The molecule has 0 aromatic heterocycles. The van der Waals surface area contributed by atoms with E-state index < -0.39 is 0 Å². The molecule has 1 nitrogen and oxygen atoms in total. The number of ether oxygens (including phenoxy) is 1. The van der Waals surface area contributed by atoms with Crippen molar-refractivity contribution in [2.75, 3.05) is 0 Å². The lowest BCUT2D eigenvalue weighted by molar-refractivity contribution is 0.286. The molecule has 0 N–H and O–H groups in total. The molecule has 0 bridgehead atoms. The summed E-state index contributed by atoms with van der Waals surface area (Å²) in [5.41, 5.74) is 0.276. The van der Waals surface area contributed by atoms with Gasteiger partial charge in [0.05, 0.1) is 11.7 Å². The van der Waals surface area contributed by atoms with Crippen molar-refractivity contribution in [3.63, 3.8) is 0 Å². The summed E-state index contributed by atoms with van der Waals surface area (Å²) in [4.78, 5) is 0. The van der Waals surface area contributed by atoms with Crippen LogP contribution < -0.4 is 0 Å². The second kappa shape index (κ2) is 1.72. The van der Waals surface area contributed by atoms with E-state index in [0.29, 0.717) is 6.10 Å². The number of epoxide rings is 1. The van der Waals surface area contributed by atoms with E-state index in [1.54, 1.807) is 0 Å². The molecule has 0 amide bonds. The Morgan fingerprint density at radius 3 is 3.00 bits per heavy atom. The first kappa shape index (κ1) is 5.72. The van der Waals surface area contributed by atoms with E-state index in [-0.39, 0.29) is 5.60 Å². The van der Waals surface area contributed by atoms with Gasteiger partial charge in [-0.25, -0.2) is 0 Å². The van der Waals surface area contributed by atoms with Gasteiger partial charge in [0.15, 0.2) is 0 Å². The molecule has 2 aliphatic rings. The smallest absolute Gasteiger partial charge is 0.0948 e. The van der Waals surface area contributed by atoms with Gasteiger partial charge >= 0.3 is 0 Å². The van der Waals surface area contributed by atoms with Crippen LogP contribution in [0, 0.1) is 6.92 Å². The largest absolute Gasteiger partial charge is 0.366 e. The lowest BCUT2D eigenvalue weighted by atomic mass is 9.87. The molecule has 1 aliphatic carbocycles. The molecule has 1 heteroatoms. The summed E-state index contributed by atoms with van der Waals surface area (Å²) in [6.07, 6.45) is 6.86. The molecule has 9 heavy (non-hydrogen) atoms. The summed E-state index contributed by atoms with van der Waals surface area (Å²) in [5, 5.41) is 0. The van der Waals surface area contributed by atoms with E-state index in [0.717, 1.165) is 6.42 Å². The summed E-state index contributed by atoms with van der Waals surface area (Å²) < 4.78 is 5.55. The van der Waals surface area contributed by atoms with Gasteiger partial charge in [0.25, 0.3) is 0 Å². The molecule has 0 spiro atoms. The number of hydrogen-bond acceptors (Lipinski definition) is 1. The van der Waals surface area contributed by atoms with E-state index in [9.17, 15) is 0 Å². The Morgan fingerprint density at radius 1 is 1.56 bits per heavy atom. The van der Waals surface area contributed by atoms with Crippen LogP contribution in [0.2, 0.25) is 0 Å². The fourth-order valence-corrected chi connectivity index (χ4v) is 1.89. The van der Waals surface area contributed by atoms with Gasteiger partial charge in [0.2, 0.25) is 0 Å². The minimum Gasteiger partial charge on any atom is -0.366 e. The topological polar surface area (TPSA) is 12.5 Å². The molecule has 2 atom stereocenters. The van der Waals surface area contributed by atoms with Crippen molar-refractivity contribution in [1.82, 2.24) is 0 Å². The Kier molecular flexibility index (Phi) is 1.10. The molecule has 1 radical (unpaired) electrons. The van der Waals surface area contributed by atoms with Gasteiger partial charge in [-0.05, 0) is 19.3 Å².